The fourth-order valence-electron chi connectivity index (χ4n) is 4.47. The number of halogens is 3. The van der Waals surface area contributed by atoms with Gasteiger partial charge in [0.05, 0.1) is 21.3 Å². The van der Waals surface area contributed by atoms with Crippen LogP contribution in [-0.4, -0.2) is 52.6 Å². The number of benzene rings is 3. The van der Waals surface area contributed by atoms with Crippen LogP contribution in [0.4, 0.5) is 11.4 Å². The Balaban J connectivity index is 1.44. The van der Waals surface area contributed by atoms with Crippen molar-refractivity contribution in [3.63, 3.8) is 0 Å². The predicted octanol–water partition coefficient (Wildman–Crippen LogP) is 5.88. The number of carbonyl (C=O) groups is 4. The molecule has 0 radical (unpaired) electrons. The van der Waals surface area contributed by atoms with Gasteiger partial charge in [0.2, 0.25) is 5.91 Å². The Kier molecular flexibility index (Phi) is 9.68. The maximum absolute atomic E-state index is 13.3. The molecule has 208 valence electrons. The lowest BCUT2D eigenvalue weighted by Crippen LogP contribution is -2.47. The first kappa shape index (κ1) is 29.4. The fourth-order valence-corrected chi connectivity index (χ4v) is 5.13. The second-order valence-electron chi connectivity index (χ2n) is 9.22. The third-order valence-electron chi connectivity index (χ3n) is 6.54. The summed E-state index contributed by atoms with van der Waals surface area (Å²) in [7, 11) is 0. The second kappa shape index (κ2) is 13.2. The Morgan fingerprint density at radius 3 is 2.38 bits per heavy atom. The summed E-state index contributed by atoms with van der Waals surface area (Å²) in [5.74, 6) is -2.56. The van der Waals surface area contributed by atoms with E-state index in [9.17, 15) is 19.2 Å². The molecule has 0 spiro atoms. The Morgan fingerprint density at radius 2 is 1.68 bits per heavy atom. The van der Waals surface area contributed by atoms with Crippen LogP contribution in [0, 0.1) is 0 Å². The van der Waals surface area contributed by atoms with Crippen LogP contribution in [0.2, 0.25) is 15.1 Å². The summed E-state index contributed by atoms with van der Waals surface area (Å²) in [6.07, 6.45) is 0.948. The van der Waals surface area contributed by atoms with Gasteiger partial charge in [0.15, 0.2) is 0 Å². The van der Waals surface area contributed by atoms with Crippen molar-refractivity contribution < 1.29 is 19.2 Å². The van der Waals surface area contributed by atoms with Crippen LogP contribution < -0.4 is 10.6 Å². The van der Waals surface area contributed by atoms with Crippen molar-refractivity contribution in [3.8, 4) is 0 Å². The average Bonchev–Trinajstić information content (AvgIpc) is 3.44. The summed E-state index contributed by atoms with van der Waals surface area (Å²) >= 11 is 18.4. The van der Waals surface area contributed by atoms with Crippen LogP contribution in [0.1, 0.15) is 35.7 Å². The van der Waals surface area contributed by atoms with Gasteiger partial charge in [0.1, 0.15) is 6.04 Å². The number of nitrogens with one attached hydrogen (secondary N) is 2. The molecule has 3 aromatic carbocycles. The van der Waals surface area contributed by atoms with Crippen molar-refractivity contribution >= 4 is 69.8 Å². The summed E-state index contributed by atoms with van der Waals surface area (Å²) in [5, 5.41) is 6.14. The van der Waals surface area contributed by atoms with E-state index in [0.717, 1.165) is 5.56 Å². The highest BCUT2D eigenvalue weighted by Crippen LogP contribution is 2.28. The molecule has 1 unspecified atom stereocenters. The fraction of sp³-hybridized carbons (Fsp3) is 0.241. The third kappa shape index (κ3) is 6.94. The summed E-state index contributed by atoms with van der Waals surface area (Å²) < 4.78 is 0. The molecule has 0 aromatic heterocycles. The molecule has 1 fully saturated rings. The smallest absolute Gasteiger partial charge is 0.313 e. The molecule has 40 heavy (non-hydrogen) atoms. The number of amides is 4. The summed E-state index contributed by atoms with van der Waals surface area (Å²) in [5.41, 5.74) is 1.75. The zero-order valence-electron chi connectivity index (χ0n) is 21.6. The monoisotopic (exact) mass is 600 g/mol. The summed E-state index contributed by atoms with van der Waals surface area (Å²) in [6.45, 7) is 2.94. The highest BCUT2D eigenvalue weighted by atomic mass is 35.5. The van der Waals surface area contributed by atoms with Crippen LogP contribution in [0.25, 0.3) is 0 Å². The molecule has 2 N–H and O–H groups in total. The lowest BCUT2D eigenvalue weighted by atomic mass is 10.1. The molecule has 3 aromatic rings. The van der Waals surface area contributed by atoms with E-state index < -0.39 is 23.8 Å². The molecule has 0 aliphatic carbocycles. The molecule has 4 amide bonds. The van der Waals surface area contributed by atoms with Gasteiger partial charge in [-0.1, -0.05) is 65.1 Å². The van der Waals surface area contributed by atoms with Crippen molar-refractivity contribution in [2.24, 2.45) is 0 Å². The van der Waals surface area contributed by atoms with E-state index in [1.807, 2.05) is 37.3 Å². The van der Waals surface area contributed by atoms with Gasteiger partial charge in [-0.05, 0) is 61.7 Å². The first-order valence-electron chi connectivity index (χ1n) is 12.7. The lowest BCUT2D eigenvalue weighted by molar-refractivity contribution is -0.145. The molecule has 11 heteroatoms. The quantitative estimate of drug-likeness (QED) is 0.331. The Morgan fingerprint density at radius 1 is 0.925 bits per heavy atom. The number of carbonyl (C=O) groups excluding carboxylic acids is 4. The van der Waals surface area contributed by atoms with Crippen molar-refractivity contribution in [1.82, 2.24) is 9.80 Å². The Labute approximate surface area is 247 Å². The largest absolute Gasteiger partial charge is 0.335 e. The van der Waals surface area contributed by atoms with Crippen molar-refractivity contribution in [2.75, 3.05) is 23.7 Å². The molecule has 0 bridgehead atoms. The minimum absolute atomic E-state index is 0.197. The van der Waals surface area contributed by atoms with E-state index in [4.69, 9.17) is 34.8 Å². The molecular weight excluding hydrogens is 575 g/mol. The minimum atomic E-state index is -0.929. The van der Waals surface area contributed by atoms with E-state index in [1.54, 1.807) is 17.0 Å². The number of likely N-dealkylation sites (tertiary alicyclic amines) is 1. The van der Waals surface area contributed by atoms with Gasteiger partial charge in [0.25, 0.3) is 5.91 Å². The number of rotatable bonds is 7. The molecule has 8 nitrogen and oxygen atoms in total. The predicted molar refractivity (Wildman–Crippen MR) is 157 cm³/mol. The van der Waals surface area contributed by atoms with Crippen LogP contribution in [0.5, 0.6) is 0 Å². The minimum Gasteiger partial charge on any atom is -0.335 e. The van der Waals surface area contributed by atoms with Gasteiger partial charge >= 0.3 is 11.8 Å². The number of anilines is 2. The van der Waals surface area contributed by atoms with Gasteiger partial charge in [0, 0.05) is 30.3 Å². The Bertz CT molecular complexity index is 1430. The van der Waals surface area contributed by atoms with E-state index >= 15 is 0 Å². The van der Waals surface area contributed by atoms with E-state index in [0.29, 0.717) is 36.6 Å². The second-order valence-corrected chi connectivity index (χ2v) is 10.5. The molecule has 1 aliphatic heterocycles. The topological polar surface area (TPSA) is 98.8 Å². The number of nitrogens with zero attached hydrogens (tertiary/aromatic N) is 2. The maximum Gasteiger partial charge on any atom is 0.313 e. The molecule has 1 atom stereocenters. The highest BCUT2D eigenvalue weighted by molar-refractivity contribution is 6.40. The molecule has 0 saturated carbocycles. The third-order valence-corrected chi connectivity index (χ3v) is 7.42. The SMILES string of the molecule is CCN(Cc1ccccc1)C(=O)c1cc(NC(=O)C(=O)N2CCCC2C(=O)Nc2ccc(Cl)cc2Cl)ccc1Cl. The van der Waals surface area contributed by atoms with Crippen LogP contribution in [0.3, 0.4) is 0 Å². The Hall–Kier alpha value is -3.59. The van der Waals surface area contributed by atoms with Crippen LogP contribution in [0.15, 0.2) is 66.7 Å². The summed E-state index contributed by atoms with van der Waals surface area (Å²) in [6, 6.07) is 17.8. The maximum atomic E-state index is 13.3. The van der Waals surface area contributed by atoms with Gasteiger partial charge in [-0.3, -0.25) is 19.2 Å². The molecule has 1 saturated heterocycles. The summed E-state index contributed by atoms with van der Waals surface area (Å²) in [4.78, 5) is 55.1. The van der Waals surface area contributed by atoms with Gasteiger partial charge < -0.3 is 20.4 Å². The zero-order chi connectivity index (χ0) is 28.8. The van der Waals surface area contributed by atoms with Crippen molar-refractivity contribution in [1.29, 1.82) is 0 Å². The van der Waals surface area contributed by atoms with Gasteiger partial charge in [-0.2, -0.15) is 0 Å². The van der Waals surface area contributed by atoms with Crippen LogP contribution in [-0.2, 0) is 20.9 Å². The first-order chi connectivity index (χ1) is 19.2. The standard InChI is InChI=1S/C29H27Cl3N4O4/c1-2-35(17-18-7-4-3-5-8-18)28(39)21-16-20(11-12-22(21)31)33-27(38)29(40)36-14-6-9-25(36)26(37)34-24-13-10-19(30)15-23(24)32/h3-5,7-8,10-13,15-16,25H,2,6,9,14,17H2,1H3,(H,33,38)(H,34,37). The zero-order valence-corrected chi connectivity index (χ0v) is 23.9. The highest BCUT2D eigenvalue weighted by Gasteiger charge is 2.37. The van der Waals surface area contributed by atoms with E-state index in [1.165, 1.54) is 29.2 Å². The number of hydrogen-bond acceptors (Lipinski definition) is 4. The molecule has 4 rings (SSSR count). The molecule has 1 heterocycles. The normalized spacial score (nSPS) is 14.5. The lowest BCUT2D eigenvalue weighted by Gasteiger charge is -2.24. The molecular formula is C29H27Cl3N4O4. The van der Waals surface area contributed by atoms with Gasteiger partial charge in [-0.25, -0.2) is 0 Å². The van der Waals surface area contributed by atoms with E-state index in [-0.39, 0.29) is 33.7 Å². The van der Waals surface area contributed by atoms with Gasteiger partial charge in [-0.15, -0.1) is 0 Å². The number of hydrogen-bond donors (Lipinski definition) is 2. The van der Waals surface area contributed by atoms with E-state index in [2.05, 4.69) is 10.6 Å². The van der Waals surface area contributed by atoms with Crippen molar-refractivity contribution in [3.05, 3.63) is 92.9 Å². The van der Waals surface area contributed by atoms with Crippen molar-refractivity contribution in [2.45, 2.75) is 32.4 Å². The first-order valence-corrected chi connectivity index (χ1v) is 13.8. The average molecular weight is 602 g/mol. The molecule has 1 aliphatic rings. The van der Waals surface area contributed by atoms with Crippen LogP contribution >= 0.6 is 34.8 Å².